The maximum atomic E-state index is 13.2. The molecular formula is C27H35BrN4O. The Hall–Kier alpha value is -1.76. The summed E-state index contributed by atoms with van der Waals surface area (Å²) in [5.74, 6) is 1.10. The molecule has 0 bridgehead atoms. The van der Waals surface area contributed by atoms with Crippen molar-refractivity contribution >= 4 is 21.8 Å². The number of aryl methyl sites for hydroxylation is 3. The summed E-state index contributed by atoms with van der Waals surface area (Å²) in [7, 11) is 0. The van der Waals surface area contributed by atoms with Crippen molar-refractivity contribution in [2.45, 2.75) is 51.5 Å². The lowest BCUT2D eigenvalue weighted by atomic mass is 9.89. The zero-order valence-corrected chi connectivity index (χ0v) is 21.2. The highest BCUT2D eigenvalue weighted by Gasteiger charge is 2.36. The second-order valence-electron chi connectivity index (χ2n) is 10.1. The zero-order valence-electron chi connectivity index (χ0n) is 19.6. The van der Waals surface area contributed by atoms with Gasteiger partial charge >= 0.3 is 0 Å². The molecule has 0 spiro atoms. The molecule has 5 rings (SSSR count). The van der Waals surface area contributed by atoms with E-state index in [0.29, 0.717) is 11.8 Å². The number of hydrogen-bond acceptors (Lipinski definition) is 4. The number of carbonyl (C=O) groups is 1. The molecule has 2 saturated heterocycles. The first-order valence-electron chi connectivity index (χ1n) is 12.5. The normalized spacial score (nSPS) is 22.5. The second kappa shape index (κ2) is 9.85. The van der Waals surface area contributed by atoms with Crippen LogP contribution in [0, 0.1) is 18.8 Å². The van der Waals surface area contributed by atoms with E-state index < -0.39 is 0 Å². The number of amides is 1. The number of nitrogens with two attached hydrogens (primary N) is 1. The smallest absolute Gasteiger partial charge is 0.225 e. The molecule has 2 aromatic rings. The van der Waals surface area contributed by atoms with Gasteiger partial charge in [0.1, 0.15) is 0 Å². The Kier molecular flexibility index (Phi) is 6.86. The third-order valence-corrected chi connectivity index (χ3v) is 8.42. The van der Waals surface area contributed by atoms with Crippen LogP contribution < -0.4 is 5.73 Å². The molecule has 1 unspecified atom stereocenters. The first kappa shape index (κ1) is 23.0. The summed E-state index contributed by atoms with van der Waals surface area (Å²) in [5, 5.41) is 0. The lowest BCUT2D eigenvalue weighted by Gasteiger charge is -2.40. The number of benzene rings is 1. The number of carbonyl (C=O) groups excluding carboxylic acids is 1. The molecule has 3 aliphatic rings. The Labute approximate surface area is 205 Å². The highest BCUT2D eigenvalue weighted by molar-refractivity contribution is 9.10. The van der Waals surface area contributed by atoms with Crippen LogP contribution in [0.4, 0.5) is 0 Å². The lowest BCUT2D eigenvalue weighted by molar-refractivity contribution is -0.138. The van der Waals surface area contributed by atoms with Gasteiger partial charge in [0.25, 0.3) is 0 Å². The molecule has 2 N–H and O–H groups in total. The molecule has 0 radical (unpaired) electrons. The van der Waals surface area contributed by atoms with Crippen LogP contribution in [-0.4, -0.2) is 53.4 Å². The SMILES string of the molecule is Cc1ccc2c(c1)CCc1cc(Br)cnc1C2N1CCC(C(=O)N2CCC(CN)CC2)CC1. The molecule has 1 aromatic carbocycles. The summed E-state index contributed by atoms with van der Waals surface area (Å²) in [6.45, 7) is 6.55. The number of nitrogens with zero attached hydrogens (tertiary/aromatic N) is 3. The molecule has 6 heteroatoms. The van der Waals surface area contributed by atoms with Crippen LogP contribution in [0.3, 0.4) is 0 Å². The van der Waals surface area contributed by atoms with Crippen molar-refractivity contribution in [3.63, 3.8) is 0 Å². The molecule has 1 atom stereocenters. The Balaban J connectivity index is 1.34. The third kappa shape index (κ3) is 4.75. The molecule has 0 saturated carbocycles. The highest BCUT2D eigenvalue weighted by atomic mass is 79.9. The molecule has 2 fully saturated rings. The first-order chi connectivity index (χ1) is 16.0. The van der Waals surface area contributed by atoms with Crippen molar-refractivity contribution < 1.29 is 4.79 Å². The van der Waals surface area contributed by atoms with Gasteiger partial charge in [-0.1, -0.05) is 23.8 Å². The van der Waals surface area contributed by atoms with Gasteiger partial charge in [0, 0.05) is 29.7 Å². The summed E-state index contributed by atoms with van der Waals surface area (Å²) in [6, 6.07) is 9.31. The van der Waals surface area contributed by atoms with Gasteiger partial charge in [-0.25, -0.2) is 0 Å². The van der Waals surface area contributed by atoms with Crippen LogP contribution >= 0.6 is 15.9 Å². The highest BCUT2D eigenvalue weighted by Crippen LogP contribution is 2.39. The monoisotopic (exact) mass is 510 g/mol. The standard InChI is InChI=1S/C27H35BrN4O/c1-18-2-5-24-21(14-18)3-4-22-15-23(28)17-30-25(22)26(24)31-12-8-20(9-13-31)27(33)32-10-6-19(16-29)7-11-32/h2,5,14-15,17,19-20,26H,3-4,6-13,16,29H2,1H3. The zero-order chi connectivity index (χ0) is 22.9. The van der Waals surface area contributed by atoms with Gasteiger partial charge in [0.2, 0.25) is 5.91 Å². The molecule has 5 nitrogen and oxygen atoms in total. The summed E-state index contributed by atoms with van der Waals surface area (Å²) in [4.78, 5) is 22.8. The minimum absolute atomic E-state index is 0.149. The molecule has 33 heavy (non-hydrogen) atoms. The fraction of sp³-hybridized carbons (Fsp3) is 0.556. The van der Waals surface area contributed by atoms with E-state index in [-0.39, 0.29) is 12.0 Å². The number of likely N-dealkylation sites (tertiary alicyclic amines) is 2. The van der Waals surface area contributed by atoms with Crippen LogP contribution in [0.15, 0.2) is 34.9 Å². The van der Waals surface area contributed by atoms with E-state index in [2.05, 4.69) is 56.9 Å². The van der Waals surface area contributed by atoms with E-state index in [1.54, 1.807) is 0 Å². The Morgan fingerprint density at radius 3 is 2.52 bits per heavy atom. The van der Waals surface area contributed by atoms with E-state index in [9.17, 15) is 4.79 Å². The number of rotatable bonds is 3. The largest absolute Gasteiger partial charge is 0.342 e. The predicted molar refractivity (Wildman–Crippen MR) is 135 cm³/mol. The Morgan fingerprint density at radius 1 is 1.06 bits per heavy atom. The van der Waals surface area contributed by atoms with E-state index in [1.165, 1.54) is 27.9 Å². The lowest BCUT2D eigenvalue weighted by Crippen LogP contribution is -2.46. The van der Waals surface area contributed by atoms with Gasteiger partial charge in [-0.05, 0) is 110 Å². The molecule has 176 valence electrons. The van der Waals surface area contributed by atoms with Gasteiger partial charge in [0.05, 0.1) is 11.7 Å². The summed E-state index contributed by atoms with van der Waals surface area (Å²) < 4.78 is 1.05. The number of aromatic nitrogens is 1. The van der Waals surface area contributed by atoms with Gasteiger partial charge in [-0.2, -0.15) is 0 Å². The van der Waals surface area contributed by atoms with Gasteiger partial charge in [0.15, 0.2) is 0 Å². The Morgan fingerprint density at radius 2 is 1.79 bits per heavy atom. The molecule has 3 heterocycles. The van der Waals surface area contributed by atoms with E-state index in [1.807, 2.05) is 6.20 Å². The average molecular weight is 512 g/mol. The maximum absolute atomic E-state index is 13.2. The topological polar surface area (TPSA) is 62.5 Å². The summed E-state index contributed by atoms with van der Waals surface area (Å²) in [6.07, 6.45) is 7.97. The summed E-state index contributed by atoms with van der Waals surface area (Å²) in [5.41, 5.74) is 12.5. The van der Waals surface area contributed by atoms with Crippen molar-refractivity contribution in [3.05, 3.63) is 62.9 Å². The molecule has 1 amide bonds. The van der Waals surface area contributed by atoms with Crippen LogP contribution in [0.1, 0.15) is 59.7 Å². The van der Waals surface area contributed by atoms with Crippen molar-refractivity contribution in [3.8, 4) is 0 Å². The minimum atomic E-state index is 0.149. The van der Waals surface area contributed by atoms with Crippen LogP contribution in [0.2, 0.25) is 0 Å². The van der Waals surface area contributed by atoms with Crippen LogP contribution in [0.5, 0.6) is 0 Å². The average Bonchev–Trinajstić information content (AvgIpc) is 3.00. The summed E-state index contributed by atoms with van der Waals surface area (Å²) >= 11 is 3.62. The third-order valence-electron chi connectivity index (χ3n) is 7.99. The predicted octanol–water partition coefficient (Wildman–Crippen LogP) is 4.25. The Bertz CT molecular complexity index is 956. The number of pyridine rings is 1. The molecule has 2 aliphatic heterocycles. The quantitative estimate of drug-likeness (QED) is 0.670. The van der Waals surface area contributed by atoms with Crippen LogP contribution in [-0.2, 0) is 17.6 Å². The maximum Gasteiger partial charge on any atom is 0.225 e. The van der Waals surface area contributed by atoms with Crippen molar-refractivity contribution in [1.29, 1.82) is 0 Å². The number of piperidine rings is 2. The van der Waals surface area contributed by atoms with E-state index in [4.69, 9.17) is 10.7 Å². The second-order valence-corrected chi connectivity index (χ2v) is 11.0. The van der Waals surface area contributed by atoms with E-state index in [0.717, 1.165) is 75.7 Å². The van der Waals surface area contributed by atoms with Crippen LogP contribution in [0.25, 0.3) is 0 Å². The fourth-order valence-electron chi connectivity index (χ4n) is 5.99. The van der Waals surface area contributed by atoms with Crippen molar-refractivity contribution in [2.24, 2.45) is 17.6 Å². The van der Waals surface area contributed by atoms with Gasteiger partial charge < -0.3 is 10.6 Å². The van der Waals surface area contributed by atoms with Gasteiger partial charge in [-0.15, -0.1) is 0 Å². The van der Waals surface area contributed by atoms with E-state index >= 15 is 0 Å². The van der Waals surface area contributed by atoms with Crippen molar-refractivity contribution in [2.75, 3.05) is 32.7 Å². The number of fused-ring (bicyclic) bond motifs is 2. The van der Waals surface area contributed by atoms with Gasteiger partial charge in [-0.3, -0.25) is 14.7 Å². The molecular weight excluding hydrogens is 476 g/mol. The van der Waals surface area contributed by atoms with Crippen molar-refractivity contribution in [1.82, 2.24) is 14.8 Å². The number of halogens is 1. The first-order valence-corrected chi connectivity index (χ1v) is 13.3. The fourth-order valence-corrected chi connectivity index (χ4v) is 6.37. The number of hydrogen-bond donors (Lipinski definition) is 1. The molecule has 1 aliphatic carbocycles. The molecule has 1 aromatic heterocycles. The minimum Gasteiger partial charge on any atom is -0.342 e.